The largest absolute Gasteiger partial charge is 2.00 e. The fourth-order valence-electron chi connectivity index (χ4n) is 0.360. The van der Waals surface area contributed by atoms with E-state index in [2.05, 4.69) is 19.6 Å². The molecule has 0 amide bonds. The Morgan fingerprint density at radius 1 is 1.08 bits per heavy atom. The third-order valence-electron chi connectivity index (χ3n) is 0.829. The summed E-state index contributed by atoms with van der Waals surface area (Å²) in [5, 5.41) is 0. The van der Waals surface area contributed by atoms with Crippen LogP contribution in [0.25, 0.3) is 0 Å². The third-order valence-corrected chi connectivity index (χ3v) is 0.829. The van der Waals surface area contributed by atoms with E-state index in [0.29, 0.717) is 13.2 Å². The van der Waals surface area contributed by atoms with Crippen molar-refractivity contribution in [3.8, 4) is 0 Å². The van der Waals surface area contributed by atoms with Crippen LogP contribution in [-0.4, -0.2) is 42.4 Å². The van der Waals surface area contributed by atoms with E-state index in [0.717, 1.165) is 12.8 Å². The average Bonchev–Trinajstić information content (AvgIpc) is 2.06. The van der Waals surface area contributed by atoms with Crippen molar-refractivity contribution >= 4 is 29.2 Å². The Kier molecular flexibility index (Phi) is 14.2. The van der Waals surface area contributed by atoms with Gasteiger partial charge in [0.2, 0.25) is 0 Å². The van der Waals surface area contributed by atoms with Gasteiger partial charge in [-0.1, -0.05) is 13.8 Å². The summed E-state index contributed by atoms with van der Waals surface area (Å²) in [5.74, 6) is 0. The topological polar surface area (TPSA) is 54.0 Å². The number of hydrogen-bond acceptors (Lipinski definition) is 5. The van der Waals surface area contributed by atoms with E-state index in [9.17, 15) is 4.79 Å². The van der Waals surface area contributed by atoms with Gasteiger partial charge in [0.15, 0.2) is 0 Å². The molecule has 13 heavy (non-hydrogen) atoms. The standard InChI is InChI=1S/C7H14O5.Mg.2H/c1-3-5-9-11-7(8)12-10-6-4-2;;;/h3-6H2,1-2H3;;;/q;+2;2*-1. The number of carbonyl (C=O) groups excluding carboxylic acids is 1. The maximum atomic E-state index is 10.5. The van der Waals surface area contributed by atoms with E-state index in [1.54, 1.807) is 0 Å². The van der Waals surface area contributed by atoms with Crippen LogP contribution in [0.3, 0.4) is 0 Å². The maximum absolute atomic E-state index is 10.5. The van der Waals surface area contributed by atoms with E-state index >= 15 is 0 Å². The minimum Gasteiger partial charge on any atom is -1.00 e. The Bertz CT molecular complexity index is 116. The molecule has 0 rings (SSSR count). The van der Waals surface area contributed by atoms with Gasteiger partial charge in [-0.3, -0.25) is 9.78 Å². The van der Waals surface area contributed by atoms with E-state index in [-0.39, 0.29) is 25.9 Å². The number of hydrogen-bond donors (Lipinski definition) is 0. The van der Waals surface area contributed by atoms with Crippen LogP contribution in [0.15, 0.2) is 0 Å². The van der Waals surface area contributed by atoms with Crippen LogP contribution in [-0.2, 0) is 19.6 Å². The second-order valence-corrected chi connectivity index (χ2v) is 2.06. The molecular formula is C7H16MgO5. The van der Waals surface area contributed by atoms with Crippen molar-refractivity contribution in [1.29, 1.82) is 0 Å². The third kappa shape index (κ3) is 12.0. The molecular weight excluding hydrogens is 188 g/mol. The summed E-state index contributed by atoms with van der Waals surface area (Å²) in [4.78, 5) is 27.6. The van der Waals surface area contributed by atoms with E-state index in [4.69, 9.17) is 0 Å². The van der Waals surface area contributed by atoms with Gasteiger partial charge in [0, 0.05) is 0 Å². The molecule has 76 valence electrons. The van der Waals surface area contributed by atoms with Gasteiger partial charge in [-0.15, -0.1) is 0 Å². The molecule has 0 saturated heterocycles. The van der Waals surface area contributed by atoms with Gasteiger partial charge in [0.1, 0.15) is 0 Å². The molecule has 0 bridgehead atoms. The molecule has 0 saturated carbocycles. The first-order valence-corrected chi connectivity index (χ1v) is 3.94. The predicted octanol–water partition coefficient (Wildman–Crippen LogP) is 1.67. The van der Waals surface area contributed by atoms with Crippen LogP contribution in [0.2, 0.25) is 0 Å². The SMILES string of the molecule is CCCOOC(=O)OOCCC.[H-].[H-].[Mg+2]. The van der Waals surface area contributed by atoms with E-state index < -0.39 is 6.16 Å². The fraction of sp³-hybridized carbons (Fsp3) is 0.857. The second kappa shape index (κ2) is 12.0. The van der Waals surface area contributed by atoms with Crippen LogP contribution in [0.1, 0.15) is 29.5 Å². The van der Waals surface area contributed by atoms with Gasteiger partial charge >= 0.3 is 29.2 Å². The molecule has 0 aromatic heterocycles. The monoisotopic (exact) mass is 204 g/mol. The van der Waals surface area contributed by atoms with Gasteiger partial charge in [0.25, 0.3) is 0 Å². The predicted molar refractivity (Wildman–Crippen MR) is 48.0 cm³/mol. The zero-order valence-electron chi connectivity index (χ0n) is 10.1. The Labute approximate surface area is 96.6 Å². The molecule has 0 aliphatic carbocycles. The van der Waals surface area contributed by atoms with E-state index in [1.165, 1.54) is 0 Å². The molecule has 0 atom stereocenters. The summed E-state index contributed by atoms with van der Waals surface area (Å²) in [6.07, 6.45) is 0.559. The van der Waals surface area contributed by atoms with Gasteiger partial charge in [0.05, 0.1) is 13.2 Å². The Balaban J connectivity index is -0.000000202. The molecule has 0 unspecified atom stereocenters. The summed E-state index contributed by atoms with van der Waals surface area (Å²) in [6, 6.07) is 0. The molecule has 0 radical (unpaired) electrons. The Morgan fingerprint density at radius 3 is 1.77 bits per heavy atom. The summed E-state index contributed by atoms with van der Waals surface area (Å²) in [7, 11) is 0. The molecule has 0 N–H and O–H groups in total. The molecule has 0 heterocycles. The van der Waals surface area contributed by atoms with Gasteiger partial charge in [-0.25, -0.2) is 0 Å². The van der Waals surface area contributed by atoms with Crippen LogP contribution in [0.4, 0.5) is 4.79 Å². The van der Waals surface area contributed by atoms with Gasteiger partial charge < -0.3 is 2.85 Å². The van der Waals surface area contributed by atoms with Crippen molar-refractivity contribution in [2.24, 2.45) is 0 Å². The molecule has 0 aromatic rings. The molecule has 6 heteroatoms. The van der Waals surface area contributed by atoms with Crippen LogP contribution < -0.4 is 0 Å². The molecule has 0 aliphatic heterocycles. The quantitative estimate of drug-likeness (QED) is 0.285. The second-order valence-electron chi connectivity index (χ2n) is 2.06. The summed E-state index contributed by atoms with van der Waals surface area (Å²) >= 11 is 0. The Morgan fingerprint density at radius 2 is 1.46 bits per heavy atom. The van der Waals surface area contributed by atoms with Crippen LogP contribution in [0, 0.1) is 0 Å². The summed E-state index contributed by atoms with van der Waals surface area (Å²) < 4.78 is 0. The average molecular weight is 205 g/mol. The van der Waals surface area contributed by atoms with Crippen molar-refractivity contribution in [2.45, 2.75) is 26.7 Å². The van der Waals surface area contributed by atoms with Crippen molar-refractivity contribution in [2.75, 3.05) is 13.2 Å². The zero-order valence-corrected chi connectivity index (χ0v) is 9.49. The number of rotatable bonds is 6. The van der Waals surface area contributed by atoms with Crippen LogP contribution >= 0.6 is 0 Å². The maximum Gasteiger partial charge on any atom is 2.00 e. The Hall–Kier alpha value is -0.0438. The molecule has 5 nitrogen and oxygen atoms in total. The smallest absolute Gasteiger partial charge is 1.00 e. The zero-order chi connectivity index (χ0) is 9.23. The van der Waals surface area contributed by atoms with Crippen molar-refractivity contribution < 1.29 is 27.2 Å². The minimum atomic E-state index is -0.975. The molecule has 0 aromatic carbocycles. The fourth-order valence-corrected chi connectivity index (χ4v) is 0.360. The molecule has 0 spiro atoms. The van der Waals surface area contributed by atoms with Crippen molar-refractivity contribution in [3.63, 3.8) is 0 Å². The first-order valence-electron chi connectivity index (χ1n) is 3.94. The van der Waals surface area contributed by atoms with Gasteiger partial charge in [-0.2, -0.15) is 14.6 Å². The summed E-state index contributed by atoms with van der Waals surface area (Å²) in [6.45, 7) is 4.48. The minimum absolute atomic E-state index is 0. The normalized spacial score (nSPS) is 8.77. The molecule has 0 aliphatic rings. The van der Waals surface area contributed by atoms with E-state index in [1.807, 2.05) is 13.8 Å². The van der Waals surface area contributed by atoms with Crippen LogP contribution in [0.5, 0.6) is 0 Å². The first kappa shape index (κ1) is 15.4. The van der Waals surface area contributed by atoms with Crippen molar-refractivity contribution in [1.82, 2.24) is 0 Å². The van der Waals surface area contributed by atoms with Gasteiger partial charge in [-0.05, 0) is 12.8 Å². The molecule has 0 fully saturated rings. The summed E-state index contributed by atoms with van der Waals surface area (Å²) in [5.41, 5.74) is 0. The van der Waals surface area contributed by atoms with Crippen molar-refractivity contribution in [3.05, 3.63) is 0 Å². The first-order chi connectivity index (χ1) is 5.81. The number of carbonyl (C=O) groups is 1.